The molecule has 0 spiro atoms. The smallest absolute Gasteiger partial charge is 0.257 e. The van der Waals surface area contributed by atoms with E-state index in [-0.39, 0.29) is 18.0 Å². The summed E-state index contributed by atoms with van der Waals surface area (Å²) in [4.78, 5) is 25.8. The molecule has 0 aromatic heterocycles. The molecule has 0 N–H and O–H groups in total. The molecule has 0 saturated carbocycles. The summed E-state index contributed by atoms with van der Waals surface area (Å²) in [7, 11) is 4.67. The average molecular weight is 238 g/mol. The van der Waals surface area contributed by atoms with E-state index in [1.165, 1.54) is 35.0 Å². The number of hydrogen-bond donors (Lipinski definition) is 0. The Morgan fingerprint density at radius 1 is 1.18 bits per heavy atom. The number of benzene rings is 1. The number of amides is 2. The van der Waals surface area contributed by atoms with Crippen molar-refractivity contribution < 1.29 is 14.0 Å². The highest BCUT2D eigenvalue weighted by Crippen LogP contribution is 2.08. The molecule has 1 rings (SSSR count). The van der Waals surface area contributed by atoms with E-state index < -0.39 is 11.7 Å². The molecule has 0 aliphatic rings. The van der Waals surface area contributed by atoms with Crippen molar-refractivity contribution >= 4 is 11.8 Å². The minimum absolute atomic E-state index is 0.0263. The Hall–Kier alpha value is -1.91. The van der Waals surface area contributed by atoms with Gasteiger partial charge < -0.3 is 9.80 Å². The van der Waals surface area contributed by atoms with Crippen LogP contribution < -0.4 is 0 Å². The Bertz CT molecular complexity index is 432. The van der Waals surface area contributed by atoms with Gasteiger partial charge in [-0.05, 0) is 12.1 Å². The summed E-state index contributed by atoms with van der Waals surface area (Å²) in [5.74, 6) is -1.29. The van der Waals surface area contributed by atoms with Crippen LogP contribution in [0.15, 0.2) is 24.3 Å². The third-order valence-corrected chi connectivity index (χ3v) is 2.32. The van der Waals surface area contributed by atoms with Crippen molar-refractivity contribution in [2.45, 2.75) is 0 Å². The van der Waals surface area contributed by atoms with Crippen molar-refractivity contribution in [2.75, 3.05) is 27.7 Å². The Balaban J connectivity index is 2.77. The van der Waals surface area contributed by atoms with Crippen LogP contribution >= 0.6 is 0 Å². The van der Waals surface area contributed by atoms with Crippen molar-refractivity contribution in [2.24, 2.45) is 0 Å². The van der Waals surface area contributed by atoms with Crippen molar-refractivity contribution in [3.05, 3.63) is 35.6 Å². The lowest BCUT2D eigenvalue weighted by atomic mass is 10.2. The van der Waals surface area contributed by atoms with Crippen molar-refractivity contribution in [1.29, 1.82) is 0 Å². The van der Waals surface area contributed by atoms with E-state index in [4.69, 9.17) is 0 Å². The van der Waals surface area contributed by atoms with E-state index in [0.717, 1.165) is 0 Å². The van der Waals surface area contributed by atoms with Gasteiger partial charge in [0.15, 0.2) is 0 Å². The summed E-state index contributed by atoms with van der Waals surface area (Å²) in [6.07, 6.45) is 0. The second-order valence-corrected chi connectivity index (χ2v) is 3.93. The van der Waals surface area contributed by atoms with Crippen molar-refractivity contribution in [3.63, 3.8) is 0 Å². The highest BCUT2D eigenvalue weighted by molar-refractivity contribution is 5.96. The van der Waals surface area contributed by atoms with E-state index >= 15 is 0 Å². The largest absolute Gasteiger partial charge is 0.347 e. The quantitative estimate of drug-likeness (QED) is 0.787. The highest BCUT2D eigenvalue weighted by atomic mass is 19.1. The molecule has 0 unspecified atom stereocenters. The van der Waals surface area contributed by atoms with Gasteiger partial charge in [-0.15, -0.1) is 0 Å². The molecule has 1 aromatic carbocycles. The van der Waals surface area contributed by atoms with Crippen LogP contribution in [0.3, 0.4) is 0 Å². The maximum Gasteiger partial charge on any atom is 0.257 e. The van der Waals surface area contributed by atoms with Gasteiger partial charge in [-0.2, -0.15) is 0 Å². The molecule has 92 valence electrons. The first-order valence-electron chi connectivity index (χ1n) is 5.13. The SMILES string of the molecule is CN(C)C(=O)CN(C)C(=O)c1ccccc1F. The van der Waals surface area contributed by atoms with Gasteiger partial charge in [-0.3, -0.25) is 9.59 Å². The highest BCUT2D eigenvalue weighted by Gasteiger charge is 2.18. The number of hydrogen-bond acceptors (Lipinski definition) is 2. The fraction of sp³-hybridized carbons (Fsp3) is 0.333. The van der Waals surface area contributed by atoms with Crippen LogP contribution in [0.1, 0.15) is 10.4 Å². The molecule has 0 fully saturated rings. The van der Waals surface area contributed by atoms with E-state index in [1.54, 1.807) is 20.2 Å². The first kappa shape index (κ1) is 13.2. The van der Waals surface area contributed by atoms with Crippen LogP contribution in [-0.4, -0.2) is 49.3 Å². The van der Waals surface area contributed by atoms with Gasteiger partial charge in [-0.25, -0.2) is 4.39 Å². The molecular formula is C12H15FN2O2. The predicted molar refractivity (Wildman–Crippen MR) is 62.1 cm³/mol. The molecule has 0 heterocycles. The molecule has 2 amide bonds. The number of halogens is 1. The molecule has 5 heteroatoms. The van der Waals surface area contributed by atoms with Crippen LogP contribution in [-0.2, 0) is 4.79 Å². The van der Waals surface area contributed by atoms with Crippen LogP contribution in [0.5, 0.6) is 0 Å². The second-order valence-electron chi connectivity index (χ2n) is 3.93. The van der Waals surface area contributed by atoms with Gasteiger partial charge in [0, 0.05) is 21.1 Å². The Morgan fingerprint density at radius 3 is 2.29 bits per heavy atom. The molecule has 0 bridgehead atoms. The predicted octanol–water partition coefficient (Wildman–Crippen LogP) is 0.986. The summed E-state index contributed by atoms with van der Waals surface area (Å²) in [5, 5.41) is 0. The summed E-state index contributed by atoms with van der Waals surface area (Å²) in [6.45, 7) is -0.0693. The lowest BCUT2D eigenvalue weighted by Gasteiger charge is -2.19. The maximum atomic E-state index is 13.4. The van der Waals surface area contributed by atoms with E-state index in [1.807, 2.05) is 0 Å². The Kier molecular flexibility index (Phi) is 4.20. The van der Waals surface area contributed by atoms with Gasteiger partial charge in [0.25, 0.3) is 5.91 Å². The Labute approximate surface area is 99.6 Å². The third kappa shape index (κ3) is 3.27. The van der Waals surface area contributed by atoms with Gasteiger partial charge in [0.2, 0.25) is 5.91 Å². The molecule has 0 atom stereocenters. The van der Waals surface area contributed by atoms with Crippen molar-refractivity contribution in [1.82, 2.24) is 9.80 Å². The molecule has 17 heavy (non-hydrogen) atoms. The standard InChI is InChI=1S/C12H15FN2O2/c1-14(2)11(16)8-15(3)12(17)9-6-4-5-7-10(9)13/h4-7H,8H2,1-3H3. The number of likely N-dealkylation sites (N-methyl/N-ethyl adjacent to an activating group) is 2. The van der Waals surface area contributed by atoms with Crippen LogP contribution in [0.2, 0.25) is 0 Å². The first-order valence-corrected chi connectivity index (χ1v) is 5.13. The topological polar surface area (TPSA) is 40.6 Å². The molecule has 0 aliphatic carbocycles. The van der Waals surface area contributed by atoms with Crippen molar-refractivity contribution in [3.8, 4) is 0 Å². The molecule has 0 radical (unpaired) electrons. The molecule has 4 nitrogen and oxygen atoms in total. The monoisotopic (exact) mass is 238 g/mol. The molecule has 0 aliphatic heterocycles. The maximum absolute atomic E-state index is 13.4. The van der Waals surface area contributed by atoms with E-state index in [0.29, 0.717) is 0 Å². The zero-order chi connectivity index (χ0) is 13.0. The van der Waals surface area contributed by atoms with Gasteiger partial charge in [-0.1, -0.05) is 12.1 Å². The zero-order valence-corrected chi connectivity index (χ0v) is 10.1. The number of carbonyl (C=O) groups is 2. The second kappa shape index (κ2) is 5.43. The van der Waals surface area contributed by atoms with Crippen LogP contribution in [0, 0.1) is 5.82 Å². The normalized spacial score (nSPS) is 9.88. The summed E-state index contributed by atoms with van der Waals surface area (Å²) in [6, 6.07) is 5.71. The molecular weight excluding hydrogens is 223 g/mol. The van der Waals surface area contributed by atoms with E-state index in [9.17, 15) is 14.0 Å². The summed E-state index contributed by atoms with van der Waals surface area (Å²) in [5.41, 5.74) is -0.0263. The van der Waals surface area contributed by atoms with Gasteiger partial charge >= 0.3 is 0 Å². The van der Waals surface area contributed by atoms with Crippen LogP contribution in [0.4, 0.5) is 4.39 Å². The number of rotatable bonds is 3. The van der Waals surface area contributed by atoms with E-state index in [2.05, 4.69) is 0 Å². The Morgan fingerprint density at radius 2 is 1.76 bits per heavy atom. The lowest BCUT2D eigenvalue weighted by Crippen LogP contribution is -2.38. The first-order chi connectivity index (χ1) is 7.93. The van der Waals surface area contributed by atoms with Gasteiger partial charge in [0.1, 0.15) is 5.82 Å². The summed E-state index contributed by atoms with van der Waals surface area (Å²) >= 11 is 0. The average Bonchev–Trinajstić information content (AvgIpc) is 2.28. The number of nitrogens with zero attached hydrogens (tertiary/aromatic N) is 2. The lowest BCUT2D eigenvalue weighted by molar-refractivity contribution is -0.129. The third-order valence-electron chi connectivity index (χ3n) is 2.32. The van der Waals surface area contributed by atoms with Crippen LogP contribution in [0.25, 0.3) is 0 Å². The fourth-order valence-electron chi connectivity index (χ4n) is 1.26. The zero-order valence-electron chi connectivity index (χ0n) is 10.1. The fourth-order valence-corrected chi connectivity index (χ4v) is 1.26. The number of carbonyl (C=O) groups excluding carboxylic acids is 2. The minimum Gasteiger partial charge on any atom is -0.347 e. The molecule has 1 aromatic rings. The summed E-state index contributed by atoms with van der Waals surface area (Å²) < 4.78 is 13.4. The minimum atomic E-state index is -0.582. The molecule has 0 saturated heterocycles. The van der Waals surface area contributed by atoms with Gasteiger partial charge in [0.05, 0.1) is 12.1 Å².